The minimum Gasteiger partial charge on any atom is -0.464 e. The normalized spacial score (nSPS) is 11.7. The number of carbonyl (C=O) groups excluding carboxylic acids is 1. The summed E-state index contributed by atoms with van der Waals surface area (Å²) >= 11 is 12.1. The molecule has 0 radical (unpaired) electrons. The van der Waals surface area contributed by atoms with Gasteiger partial charge < -0.3 is 9.30 Å². The zero-order valence-electron chi connectivity index (χ0n) is 19.2. The van der Waals surface area contributed by atoms with Crippen molar-refractivity contribution in [2.45, 2.75) is 24.7 Å². The van der Waals surface area contributed by atoms with E-state index >= 15 is 0 Å². The second-order valence-electron chi connectivity index (χ2n) is 8.02. The molecule has 8 nitrogen and oxygen atoms in total. The van der Waals surface area contributed by atoms with Crippen LogP contribution in [0.5, 0.6) is 0 Å². The van der Waals surface area contributed by atoms with E-state index in [1.54, 1.807) is 24.5 Å². The third kappa shape index (κ3) is 5.47. The van der Waals surface area contributed by atoms with E-state index in [9.17, 15) is 13.2 Å². The van der Waals surface area contributed by atoms with Gasteiger partial charge in [0.15, 0.2) is 5.82 Å². The summed E-state index contributed by atoms with van der Waals surface area (Å²) in [4.78, 5) is 16.8. The lowest BCUT2D eigenvalue weighted by molar-refractivity contribution is -0.141. The van der Waals surface area contributed by atoms with Gasteiger partial charge in [0.2, 0.25) is 0 Å². The molecule has 0 saturated carbocycles. The van der Waals surface area contributed by atoms with Gasteiger partial charge in [-0.2, -0.15) is 0 Å². The number of halogens is 2. The lowest BCUT2D eigenvalue weighted by Crippen LogP contribution is -2.36. The molecule has 2 aromatic carbocycles. The third-order valence-electron chi connectivity index (χ3n) is 5.36. The van der Waals surface area contributed by atoms with Crippen molar-refractivity contribution in [3.05, 3.63) is 71.2 Å². The first-order valence-electron chi connectivity index (χ1n) is 10.9. The van der Waals surface area contributed by atoms with Gasteiger partial charge in [0.25, 0.3) is 10.0 Å². The Labute approximate surface area is 213 Å². The number of aromatic nitrogens is 3. The highest BCUT2D eigenvalue weighted by Crippen LogP contribution is 2.31. The summed E-state index contributed by atoms with van der Waals surface area (Å²) in [6, 6.07) is 11.0. The minimum absolute atomic E-state index is 0.123. The van der Waals surface area contributed by atoms with Crippen LogP contribution in [0.1, 0.15) is 19.8 Å². The maximum absolute atomic E-state index is 13.7. The Kier molecular flexibility index (Phi) is 7.39. The molecule has 4 aromatic rings. The second kappa shape index (κ2) is 10.3. The molecule has 0 bridgehead atoms. The number of hydrogen-bond donors (Lipinski definition) is 0. The number of nitrogens with zero attached hydrogens (tertiary/aromatic N) is 4. The topological polar surface area (TPSA) is 86.4 Å². The largest absolute Gasteiger partial charge is 0.464 e. The van der Waals surface area contributed by atoms with Crippen LogP contribution in [0, 0.1) is 0 Å². The smallest absolute Gasteiger partial charge is 0.326 e. The SMILES string of the molecule is CCCCOC(=O)CN(c1ccc2c(ccn2-c2cn(C)cn2)c1)S(=O)(=O)c1cc(Cl)cc(Cl)c1. The fourth-order valence-electron chi connectivity index (χ4n) is 3.62. The molecule has 0 spiro atoms. The van der Waals surface area contributed by atoms with E-state index in [1.165, 1.54) is 18.2 Å². The monoisotopic (exact) mass is 534 g/mol. The van der Waals surface area contributed by atoms with Gasteiger partial charge in [-0.15, -0.1) is 0 Å². The first kappa shape index (κ1) is 25.1. The Hall–Kier alpha value is -3.01. The number of anilines is 1. The molecule has 0 N–H and O–H groups in total. The lowest BCUT2D eigenvalue weighted by Gasteiger charge is -2.24. The number of imidazole rings is 1. The average Bonchev–Trinajstić information content (AvgIpc) is 3.42. The lowest BCUT2D eigenvalue weighted by atomic mass is 10.2. The van der Waals surface area contributed by atoms with Gasteiger partial charge in [0, 0.05) is 34.9 Å². The van der Waals surface area contributed by atoms with Crippen molar-refractivity contribution in [2.24, 2.45) is 7.05 Å². The van der Waals surface area contributed by atoms with Crippen LogP contribution in [-0.2, 0) is 26.6 Å². The second-order valence-corrected chi connectivity index (χ2v) is 10.8. The number of esters is 1. The highest BCUT2D eigenvalue weighted by molar-refractivity contribution is 7.92. The molecule has 2 aromatic heterocycles. The number of aryl methyl sites for hydroxylation is 1. The summed E-state index contributed by atoms with van der Waals surface area (Å²) in [6.07, 6.45) is 6.96. The molecule has 0 aliphatic rings. The van der Waals surface area contributed by atoms with Crippen LogP contribution in [-0.4, -0.2) is 41.7 Å². The van der Waals surface area contributed by atoms with E-state index in [2.05, 4.69) is 4.98 Å². The Morgan fingerprint density at radius 2 is 1.86 bits per heavy atom. The van der Waals surface area contributed by atoms with Crippen LogP contribution in [0.4, 0.5) is 5.69 Å². The fourth-order valence-corrected chi connectivity index (χ4v) is 5.75. The zero-order valence-corrected chi connectivity index (χ0v) is 21.5. The van der Waals surface area contributed by atoms with Gasteiger partial charge in [0.1, 0.15) is 6.54 Å². The number of rotatable bonds is 9. The van der Waals surface area contributed by atoms with E-state index in [-0.39, 0.29) is 21.5 Å². The number of carbonyl (C=O) groups is 1. The first-order chi connectivity index (χ1) is 16.7. The van der Waals surface area contributed by atoms with Gasteiger partial charge >= 0.3 is 5.97 Å². The maximum atomic E-state index is 13.7. The van der Waals surface area contributed by atoms with Crippen LogP contribution in [0.3, 0.4) is 0 Å². The average molecular weight is 535 g/mol. The number of unbranched alkanes of at least 4 members (excludes halogenated alkanes) is 1. The van der Waals surface area contributed by atoms with Crippen molar-refractivity contribution in [2.75, 3.05) is 17.5 Å². The van der Waals surface area contributed by atoms with Crippen LogP contribution in [0.25, 0.3) is 16.7 Å². The molecule has 35 heavy (non-hydrogen) atoms. The molecule has 0 aliphatic heterocycles. The van der Waals surface area contributed by atoms with E-state index in [0.29, 0.717) is 12.1 Å². The van der Waals surface area contributed by atoms with Gasteiger partial charge in [-0.3, -0.25) is 13.7 Å². The van der Waals surface area contributed by atoms with Crippen molar-refractivity contribution in [1.82, 2.24) is 14.1 Å². The van der Waals surface area contributed by atoms with Crippen molar-refractivity contribution >= 4 is 55.8 Å². The highest BCUT2D eigenvalue weighted by atomic mass is 35.5. The van der Waals surface area contributed by atoms with E-state index in [1.807, 2.05) is 41.6 Å². The zero-order chi connectivity index (χ0) is 25.2. The van der Waals surface area contributed by atoms with E-state index in [0.717, 1.165) is 27.4 Å². The van der Waals surface area contributed by atoms with Crippen LogP contribution in [0.2, 0.25) is 10.0 Å². The minimum atomic E-state index is -4.19. The molecule has 0 saturated heterocycles. The molecule has 11 heteroatoms. The summed E-state index contributed by atoms with van der Waals surface area (Å²) in [5.74, 6) is 0.0779. The highest BCUT2D eigenvalue weighted by Gasteiger charge is 2.29. The van der Waals surface area contributed by atoms with Crippen molar-refractivity contribution < 1.29 is 17.9 Å². The molecule has 0 fully saturated rings. The number of hydrogen-bond acceptors (Lipinski definition) is 5. The molecule has 0 amide bonds. The van der Waals surface area contributed by atoms with Crippen molar-refractivity contribution in [3.63, 3.8) is 0 Å². The molecule has 0 unspecified atom stereocenters. The Bertz CT molecular complexity index is 1460. The number of benzene rings is 2. The van der Waals surface area contributed by atoms with Crippen molar-refractivity contribution in [1.29, 1.82) is 0 Å². The molecule has 0 aliphatic carbocycles. The maximum Gasteiger partial charge on any atom is 0.326 e. The van der Waals surface area contributed by atoms with Crippen LogP contribution in [0.15, 0.2) is 66.1 Å². The van der Waals surface area contributed by atoms with Gasteiger partial charge in [-0.1, -0.05) is 36.5 Å². The molecule has 184 valence electrons. The Morgan fingerprint density at radius 3 is 2.51 bits per heavy atom. The predicted octanol–water partition coefficient (Wildman–Crippen LogP) is 5.21. The quantitative estimate of drug-likeness (QED) is 0.217. The predicted molar refractivity (Wildman–Crippen MR) is 137 cm³/mol. The summed E-state index contributed by atoms with van der Waals surface area (Å²) in [6.45, 7) is 1.70. The van der Waals surface area contributed by atoms with E-state index < -0.39 is 22.5 Å². The molecule has 2 heterocycles. The van der Waals surface area contributed by atoms with E-state index in [4.69, 9.17) is 27.9 Å². The fraction of sp³-hybridized carbons (Fsp3) is 0.250. The van der Waals surface area contributed by atoms with Gasteiger partial charge in [-0.05, 0) is 48.9 Å². The summed E-state index contributed by atoms with van der Waals surface area (Å²) < 4.78 is 37.3. The summed E-state index contributed by atoms with van der Waals surface area (Å²) in [5, 5.41) is 1.12. The number of sulfonamides is 1. The van der Waals surface area contributed by atoms with Gasteiger partial charge in [-0.25, -0.2) is 13.4 Å². The number of fused-ring (bicyclic) bond motifs is 1. The van der Waals surface area contributed by atoms with Crippen LogP contribution >= 0.6 is 23.2 Å². The Morgan fingerprint density at radius 1 is 1.11 bits per heavy atom. The van der Waals surface area contributed by atoms with Gasteiger partial charge in [0.05, 0.1) is 29.0 Å². The summed E-state index contributed by atoms with van der Waals surface area (Å²) in [7, 11) is -2.31. The van der Waals surface area contributed by atoms with Crippen molar-refractivity contribution in [3.8, 4) is 5.82 Å². The van der Waals surface area contributed by atoms with Crippen LogP contribution < -0.4 is 4.31 Å². The molecule has 0 atom stereocenters. The number of ether oxygens (including phenoxy) is 1. The molecular formula is C24H24Cl2N4O4S. The summed E-state index contributed by atoms with van der Waals surface area (Å²) in [5.41, 5.74) is 1.14. The molecular weight excluding hydrogens is 511 g/mol. The standard InChI is InChI=1S/C24H24Cl2N4O4S/c1-3-4-9-34-24(31)15-30(35(32,33)21-12-18(25)11-19(26)13-21)20-5-6-22-17(10-20)7-8-29(22)23-14-28(2)16-27-23/h5-8,10-14,16H,3-4,9,15H2,1-2H3. The molecule has 4 rings (SSSR count). The first-order valence-corrected chi connectivity index (χ1v) is 13.1. The Balaban J connectivity index is 1.76. The third-order valence-corrected chi connectivity index (χ3v) is 7.55.